The maximum absolute atomic E-state index is 12.3. The molecule has 1 fully saturated rings. The predicted molar refractivity (Wildman–Crippen MR) is 78.0 cm³/mol. The molecular formula is C15H18N4O2. The monoisotopic (exact) mass is 286 g/mol. The molecule has 0 aliphatic carbocycles. The molecule has 0 saturated carbocycles. The van der Waals surface area contributed by atoms with Crippen LogP contribution < -0.4 is 4.90 Å². The number of oxazole rings is 1. The molecule has 0 radical (unpaired) electrons. The second-order valence-electron chi connectivity index (χ2n) is 5.09. The van der Waals surface area contributed by atoms with Gasteiger partial charge in [-0.05, 0) is 19.1 Å². The lowest BCUT2D eigenvalue weighted by Crippen LogP contribution is -2.49. The number of aryl methyl sites for hydroxylation is 1. The Hall–Kier alpha value is -2.37. The van der Waals surface area contributed by atoms with Gasteiger partial charge < -0.3 is 14.2 Å². The zero-order valence-electron chi connectivity index (χ0n) is 12.0. The lowest BCUT2D eigenvalue weighted by molar-refractivity contribution is -0.131. The van der Waals surface area contributed by atoms with Crippen molar-refractivity contribution in [1.29, 1.82) is 0 Å². The topological polar surface area (TPSA) is 62.5 Å². The van der Waals surface area contributed by atoms with Gasteiger partial charge in [0.05, 0.1) is 12.1 Å². The summed E-state index contributed by atoms with van der Waals surface area (Å²) in [7, 11) is 0. The van der Waals surface area contributed by atoms with Crippen LogP contribution in [0.15, 0.2) is 35.2 Å². The van der Waals surface area contributed by atoms with Crippen LogP contribution in [0.2, 0.25) is 0 Å². The zero-order valence-corrected chi connectivity index (χ0v) is 12.0. The summed E-state index contributed by atoms with van der Waals surface area (Å²) in [6, 6.07) is 5.88. The fraction of sp³-hybridized carbons (Fsp3) is 0.400. The maximum atomic E-state index is 12.3. The summed E-state index contributed by atoms with van der Waals surface area (Å²) < 4.78 is 5.24. The van der Waals surface area contributed by atoms with Crippen LogP contribution in [0.25, 0.3) is 0 Å². The van der Waals surface area contributed by atoms with Gasteiger partial charge in [0.1, 0.15) is 11.6 Å². The van der Waals surface area contributed by atoms with Crippen molar-refractivity contribution in [3.05, 3.63) is 42.2 Å². The van der Waals surface area contributed by atoms with Crippen LogP contribution in [0.5, 0.6) is 0 Å². The van der Waals surface area contributed by atoms with E-state index in [0.29, 0.717) is 18.8 Å². The van der Waals surface area contributed by atoms with E-state index in [4.69, 9.17) is 4.42 Å². The molecule has 0 N–H and O–H groups in total. The first kappa shape index (κ1) is 13.6. The highest BCUT2D eigenvalue weighted by atomic mass is 16.3. The summed E-state index contributed by atoms with van der Waals surface area (Å²) in [6.45, 7) is 4.88. The highest BCUT2D eigenvalue weighted by molar-refractivity contribution is 5.78. The normalized spacial score (nSPS) is 15.3. The molecule has 2 aromatic rings. The predicted octanol–water partition coefficient (Wildman–Crippen LogP) is 1.27. The summed E-state index contributed by atoms with van der Waals surface area (Å²) in [4.78, 5) is 24.7. The van der Waals surface area contributed by atoms with Gasteiger partial charge in [0.15, 0.2) is 6.39 Å². The van der Waals surface area contributed by atoms with Gasteiger partial charge in [-0.3, -0.25) is 4.79 Å². The van der Waals surface area contributed by atoms with Crippen molar-refractivity contribution in [3.8, 4) is 0 Å². The largest absolute Gasteiger partial charge is 0.448 e. The number of anilines is 1. The van der Waals surface area contributed by atoms with E-state index < -0.39 is 0 Å². The molecule has 6 heteroatoms. The third kappa shape index (κ3) is 3.04. The first-order chi connectivity index (χ1) is 10.2. The summed E-state index contributed by atoms with van der Waals surface area (Å²) in [5.74, 6) is 1.72. The standard InChI is InChI=1S/C15H18N4O2/c1-12-13(21-11-17-12)10-15(20)19-8-6-18(7-9-19)14-4-2-3-5-16-14/h2-5,11H,6-10H2,1H3. The Balaban J connectivity index is 1.56. The van der Waals surface area contributed by atoms with Crippen LogP contribution in [-0.2, 0) is 11.2 Å². The van der Waals surface area contributed by atoms with Crippen LogP contribution in [0, 0.1) is 6.92 Å². The van der Waals surface area contributed by atoms with E-state index in [-0.39, 0.29) is 12.3 Å². The summed E-state index contributed by atoms with van der Waals surface area (Å²) in [6.07, 6.45) is 3.46. The van der Waals surface area contributed by atoms with Gasteiger partial charge in [0, 0.05) is 32.4 Å². The molecular weight excluding hydrogens is 268 g/mol. The minimum atomic E-state index is 0.0931. The van der Waals surface area contributed by atoms with Crippen molar-refractivity contribution in [3.63, 3.8) is 0 Å². The average Bonchev–Trinajstić information content (AvgIpc) is 2.93. The van der Waals surface area contributed by atoms with E-state index in [9.17, 15) is 4.79 Å². The number of hydrogen-bond acceptors (Lipinski definition) is 5. The number of hydrogen-bond donors (Lipinski definition) is 0. The number of piperazine rings is 1. The number of pyridine rings is 1. The van der Waals surface area contributed by atoms with Crippen LogP contribution in [0.3, 0.4) is 0 Å². The quantitative estimate of drug-likeness (QED) is 0.850. The number of aromatic nitrogens is 2. The van der Waals surface area contributed by atoms with E-state index in [1.807, 2.05) is 30.0 Å². The van der Waals surface area contributed by atoms with Gasteiger partial charge in [-0.2, -0.15) is 0 Å². The van der Waals surface area contributed by atoms with Crippen molar-refractivity contribution >= 4 is 11.7 Å². The molecule has 1 amide bonds. The van der Waals surface area contributed by atoms with E-state index in [1.165, 1.54) is 6.39 Å². The first-order valence-corrected chi connectivity index (χ1v) is 7.07. The Morgan fingerprint density at radius 3 is 2.67 bits per heavy atom. The Morgan fingerprint density at radius 2 is 2.05 bits per heavy atom. The number of rotatable bonds is 3. The molecule has 3 rings (SSSR count). The van der Waals surface area contributed by atoms with Gasteiger partial charge in [-0.15, -0.1) is 0 Å². The van der Waals surface area contributed by atoms with Gasteiger partial charge in [0.2, 0.25) is 5.91 Å². The van der Waals surface area contributed by atoms with Crippen LogP contribution in [-0.4, -0.2) is 47.0 Å². The number of carbonyl (C=O) groups is 1. The smallest absolute Gasteiger partial charge is 0.230 e. The van der Waals surface area contributed by atoms with Crippen LogP contribution >= 0.6 is 0 Å². The highest BCUT2D eigenvalue weighted by Gasteiger charge is 2.23. The van der Waals surface area contributed by atoms with Crippen molar-refractivity contribution in [2.75, 3.05) is 31.1 Å². The van der Waals surface area contributed by atoms with Gasteiger partial charge in [-0.25, -0.2) is 9.97 Å². The van der Waals surface area contributed by atoms with Crippen molar-refractivity contribution in [2.45, 2.75) is 13.3 Å². The molecule has 0 atom stereocenters. The first-order valence-electron chi connectivity index (χ1n) is 7.07. The molecule has 0 spiro atoms. The summed E-state index contributed by atoms with van der Waals surface area (Å²) in [5.41, 5.74) is 0.787. The third-order valence-electron chi connectivity index (χ3n) is 3.76. The third-order valence-corrected chi connectivity index (χ3v) is 3.76. The Bertz CT molecular complexity index is 603. The van der Waals surface area contributed by atoms with E-state index in [0.717, 1.165) is 24.6 Å². The number of nitrogens with zero attached hydrogens (tertiary/aromatic N) is 4. The van der Waals surface area contributed by atoms with Crippen molar-refractivity contribution in [2.24, 2.45) is 0 Å². The lowest BCUT2D eigenvalue weighted by atomic mass is 10.2. The molecule has 1 saturated heterocycles. The highest BCUT2D eigenvalue weighted by Crippen LogP contribution is 2.14. The lowest BCUT2D eigenvalue weighted by Gasteiger charge is -2.35. The van der Waals surface area contributed by atoms with Crippen LogP contribution in [0.4, 0.5) is 5.82 Å². The summed E-state index contributed by atoms with van der Waals surface area (Å²) in [5, 5.41) is 0. The zero-order chi connectivity index (χ0) is 14.7. The maximum Gasteiger partial charge on any atom is 0.230 e. The summed E-state index contributed by atoms with van der Waals surface area (Å²) >= 11 is 0. The molecule has 110 valence electrons. The fourth-order valence-corrected chi connectivity index (χ4v) is 2.47. The number of carbonyl (C=O) groups excluding carboxylic acids is 1. The minimum Gasteiger partial charge on any atom is -0.448 e. The van der Waals surface area contributed by atoms with Gasteiger partial charge in [0.25, 0.3) is 0 Å². The van der Waals surface area contributed by atoms with Gasteiger partial charge >= 0.3 is 0 Å². The average molecular weight is 286 g/mol. The molecule has 2 aromatic heterocycles. The molecule has 1 aliphatic rings. The minimum absolute atomic E-state index is 0.0931. The Kier molecular flexibility index (Phi) is 3.85. The van der Waals surface area contributed by atoms with E-state index >= 15 is 0 Å². The molecule has 0 aromatic carbocycles. The molecule has 1 aliphatic heterocycles. The molecule has 21 heavy (non-hydrogen) atoms. The second kappa shape index (κ2) is 5.95. The Morgan fingerprint density at radius 1 is 1.24 bits per heavy atom. The van der Waals surface area contributed by atoms with E-state index in [2.05, 4.69) is 14.9 Å². The molecule has 6 nitrogen and oxygen atoms in total. The van der Waals surface area contributed by atoms with Crippen LogP contribution in [0.1, 0.15) is 11.5 Å². The van der Waals surface area contributed by atoms with Gasteiger partial charge in [-0.1, -0.05) is 6.07 Å². The SMILES string of the molecule is Cc1ncoc1CC(=O)N1CCN(c2ccccn2)CC1. The molecule has 0 bridgehead atoms. The second-order valence-corrected chi connectivity index (χ2v) is 5.09. The van der Waals surface area contributed by atoms with E-state index in [1.54, 1.807) is 6.20 Å². The Labute approximate surface area is 123 Å². The van der Waals surface area contributed by atoms with Crippen molar-refractivity contribution in [1.82, 2.24) is 14.9 Å². The van der Waals surface area contributed by atoms with Crippen molar-refractivity contribution < 1.29 is 9.21 Å². The molecule has 3 heterocycles. The fourth-order valence-electron chi connectivity index (χ4n) is 2.47. The molecule has 0 unspecified atom stereocenters. The number of amides is 1.